The molecule has 1 fully saturated rings. The van der Waals surface area contributed by atoms with Crippen LogP contribution in [0.4, 0.5) is 5.69 Å². The number of rotatable bonds is 9. The van der Waals surface area contributed by atoms with E-state index in [1.54, 1.807) is 19.1 Å². The zero-order valence-electron chi connectivity index (χ0n) is 21.1. The monoisotopic (exact) mass is 585 g/mol. The largest absolute Gasteiger partial charge is 0.352 e. The summed E-state index contributed by atoms with van der Waals surface area (Å²) in [7, 11) is -3.80. The summed E-state index contributed by atoms with van der Waals surface area (Å²) in [5.41, 5.74) is 1.26. The Kier molecular flexibility index (Phi) is 8.54. The molecule has 7 nitrogen and oxygen atoms in total. The van der Waals surface area contributed by atoms with Gasteiger partial charge in [-0.05, 0) is 48.9 Å². The third-order valence-electron chi connectivity index (χ3n) is 6.83. The fourth-order valence-corrected chi connectivity index (χ4v) is 6.14. The van der Waals surface area contributed by atoms with E-state index in [9.17, 15) is 18.0 Å². The second-order valence-corrected chi connectivity index (χ2v) is 12.4. The van der Waals surface area contributed by atoms with Gasteiger partial charge in [0.05, 0.1) is 11.9 Å². The quantitative estimate of drug-likeness (QED) is 0.389. The van der Waals surface area contributed by atoms with Crippen molar-refractivity contribution in [3.63, 3.8) is 0 Å². The number of nitrogens with one attached hydrogen (secondary N) is 1. The topological polar surface area (TPSA) is 86.8 Å². The Balaban J connectivity index is 1.66. The van der Waals surface area contributed by atoms with Crippen molar-refractivity contribution < 1.29 is 18.0 Å². The lowest BCUT2D eigenvalue weighted by Crippen LogP contribution is -2.52. The van der Waals surface area contributed by atoms with Crippen LogP contribution < -0.4 is 9.62 Å². The number of hydrogen-bond donors (Lipinski definition) is 1. The van der Waals surface area contributed by atoms with Gasteiger partial charge in [-0.3, -0.25) is 13.9 Å². The van der Waals surface area contributed by atoms with Crippen molar-refractivity contribution in [2.24, 2.45) is 0 Å². The number of amides is 2. The Hall–Kier alpha value is -2.91. The molecule has 1 N–H and O–H groups in total. The van der Waals surface area contributed by atoms with E-state index in [2.05, 4.69) is 21.2 Å². The first-order valence-corrected chi connectivity index (χ1v) is 15.1. The fraction of sp³-hybridized carbons (Fsp3) is 0.357. The molecule has 0 bridgehead atoms. The van der Waals surface area contributed by atoms with Gasteiger partial charge < -0.3 is 10.2 Å². The molecule has 1 saturated carbocycles. The van der Waals surface area contributed by atoms with Gasteiger partial charge in [0, 0.05) is 22.4 Å². The molecule has 1 atom stereocenters. The van der Waals surface area contributed by atoms with Gasteiger partial charge in [0.2, 0.25) is 21.8 Å². The average Bonchev–Trinajstić information content (AvgIpc) is 3.37. The summed E-state index contributed by atoms with van der Waals surface area (Å²) in [5, 5.41) is 4.68. The van der Waals surface area contributed by atoms with Crippen LogP contribution in [0.2, 0.25) is 0 Å². The highest BCUT2D eigenvalue weighted by molar-refractivity contribution is 9.10. The molecule has 0 saturated heterocycles. The number of halogens is 1. The number of benzene rings is 3. The lowest BCUT2D eigenvalue weighted by atomic mass is 10.1. The van der Waals surface area contributed by atoms with Gasteiger partial charge in [0.1, 0.15) is 12.6 Å². The predicted octanol–water partition coefficient (Wildman–Crippen LogP) is 4.84. The summed E-state index contributed by atoms with van der Waals surface area (Å²) in [6.45, 7) is 1.45. The van der Waals surface area contributed by atoms with Gasteiger partial charge in [-0.1, -0.05) is 77.3 Å². The molecule has 1 aliphatic carbocycles. The minimum Gasteiger partial charge on any atom is -0.352 e. The molecule has 0 heterocycles. The zero-order valence-corrected chi connectivity index (χ0v) is 23.5. The summed E-state index contributed by atoms with van der Waals surface area (Å²) in [6, 6.07) is 19.7. The molecule has 1 unspecified atom stereocenters. The van der Waals surface area contributed by atoms with E-state index in [1.165, 1.54) is 4.90 Å². The SMILES string of the molecule is CC(C(=O)NC1CCCC1)N(Cc1cccc(Br)c1)C(=O)CN(c1cccc2ccccc12)S(C)(=O)=O. The number of fused-ring (bicyclic) bond motifs is 1. The molecule has 37 heavy (non-hydrogen) atoms. The molecule has 0 aromatic heterocycles. The Morgan fingerprint density at radius 2 is 1.70 bits per heavy atom. The number of carbonyl (C=O) groups is 2. The Morgan fingerprint density at radius 1 is 1.03 bits per heavy atom. The Labute approximate surface area is 227 Å². The summed E-state index contributed by atoms with van der Waals surface area (Å²) in [6.07, 6.45) is 5.11. The van der Waals surface area contributed by atoms with Gasteiger partial charge in [-0.25, -0.2) is 8.42 Å². The molecule has 0 aliphatic heterocycles. The molecule has 3 aromatic carbocycles. The fourth-order valence-electron chi connectivity index (χ4n) is 4.83. The Bertz CT molecular complexity index is 1380. The van der Waals surface area contributed by atoms with Crippen molar-refractivity contribution >= 4 is 54.2 Å². The molecular formula is C28H32BrN3O4S. The minimum atomic E-state index is -3.80. The minimum absolute atomic E-state index is 0.112. The first-order valence-electron chi connectivity index (χ1n) is 12.4. The summed E-state index contributed by atoms with van der Waals surface area (Å²) >= 11 is 3.46. The highest BCUT2D eigenvalue weighted by atomic mass is 79.9. The molecule has 3 aromatic rings. The van der Waals surface area contributed by atoms with Crippen molar-refractivity contribution in [3.05, 3.63) is 76.8 Å². The van der Waals surface area contributed by atoms with Crippen LogP contribution in [0.5, 0.6) is 0 Å². The van der Waals surface area contributed by atoms with Crippen LogP contribution >= 0.6 is 15.9 Å². The van der Waals surface area contributed by atoms with E-state index < -0.39 is 28.5 Å². The van der Waals surface area contributed by atoms with Gasteiger partial charge in [-0.2, -0.15) is 0 Å². The van der Waals surface area contributed by atoms with Crippen LogP contribution in [0.1, 0.15) is 38.2 Å². The zero-order chi connectivity index (χ0) is 26.6. The number of nitrogens with zero attached hydrogens (tertiary/aromatic N) is 2. The van der Waals surface area contributed by atoms with Crippen LogP contribution in [0.3, 0.4) is 0 Å². The first kappa shape index (κ1) is 27.1. The number of carbonyl (C=O) groups excluding carboxylic acids is 2. The summed E-state index contributed by atoms with van der Waals surface area (Å²) < 4.78 is 27.9. The third kappa shape index (κ3) is 6.70. The number of anilines is 1. The van der Waals surface area contributed by atoms with E-state index in [-0.39, 0.29) is 18.5 Å². The lowest BCUT2D eigenvalue weighted by molar-refractivity contribution is -0.139. The van der Waals surface area contributed by atoms with Gasteiger partial charge in [0.25, 0.3) is 0 Å². The van der Waals surface area contributed by atoms with Crippen molar-refractivity contribution in [1.29, 1.82) is 0 Å². The van der Waals surface area contributed by atoms with Crippen LogP contribution in [-0.4, -0.2) is 50.0 Å². The van der Waals surface area contributed by atoms with E-state index in [1.807, 2.05) is 54.6 Å². The number of hydrogen-bond acceptors (Lipinski definition) is 4. The van der Waals surface area contributed by atoms with E-state index in [0.29, 0.717) is 5.69 Å². The van der Waals surface area contributed by atoms with E-state index in [0.717, 1.165) is 57.1 Å². The second kappa shape index (κ2) is 11.6. The van der Waals surface area contributed by atoms with E-state index >= 15 is 0 Å². The van der Waals surface area contributed by atoms with Crippen LogP contribution in [-0.2, 0) is 26.2 Å². The van der Waals surface area contributed by atoms with Crippen LogP contribution in [0, 0.1) is 0 Å². The van der Waals surface area contributed by atoms with Crippen molar-refractivity contribution in [2.45, 2.75) is 51.2 Å². The smallest absolute Gasteiger partial charge is 0.244 e. The Morgan fingerprint density at radius 3 is 2.41 bits per heavy atom. The van der Waals surface area contributed by atoms with Gasteiger partial charge in [-0.15, -0.1) is 0 Å². The molecule has 2 amide bonds. The molecule has 9 heteroatoms. The standard InChI is InChI=1S/C28H32BrN3O4S/c1-20(28(34)30-24-13-4-5-14-24)31(18-21-9-7-12-23(29)17-21)27(33)19-32(37(2,35)36)26-16-8-11-22-10-3-6-15-25(22)26/h3,6-12,15-17,20,24H,4-5,13-14,18-19H2,1-2H3,(H,30,34). The van der Waals surface area contributed by atoms with Crippen molar-refractivity contribution in [1.82, 2.24) is 10.2 Å². The second-order valence-electron chi connectivity index (χ2n) is 9.59. The predicted molar refractivity (Wildman–Crippen MR) is 151 cm³/mol. The van der Waals surface area contributed by atoms with Gasteiger partial charge >= 0.3 is 0 Å². The van der Waals surface area contributed by atoms with Crippen molar-refractivity contribution in [2.75, 3.05) is 17.1 Å². The highest BCUT2D eigenvalue weighted by Gasteiger charge is 2.31. The average molecular weight is 587 g/mol. The molecule has 1 aliphatic rings. The maximum atomic E-state index is 13.8. The molecule has 0 spiro atoms. The molecule has 196 valence electrons. The molecule has 4 rings (SSSR count). The summed E-state index contributed by atoms with van der Waals surface area (Å²) in [5.74, 6) is -0.682. The normalized spacial score (nSPS) is 14.9. The molecular weight excluding hydrogens is 554 g/mol. The lowest BCUT2D eigenvalue weighted by Gasteiger charge is -2.32. The first-order chi connectivity index (χ1) is 17.6. The maximum Gasteiger partial charge on any atom is 0.244 e. The summed E-state index contributed by atoms with van der Waals surface area (Å²) in [4.78, 5) is 28.5. The maximum absolute atomic E-state index is 13.8. The van der Waals surface area contributed by atoms with Crippen molar-refractivity contribution in [3.8, 4) is 0 Å². The van der Waals surface area contributed by atoms with E-state index in [4.69, 9.17) is 0 Å². The highest BCUT2D eigenvalue weighted by Crippen LogP contribution is 2.29. The van der Waals surface area contributed by atoms with Gasteiger partial charge in [0.15, 0.2) is 0 Å². The van der Waals surface area contributed by atoms with Crippen LogP contribution in [0.25, 0.3) is 10.8 Å². The molecule has 0 radical (unpaired) electrons. The van der Waals surface area contributed by atoms with Crippen LogP contribution in [0.15, 0.2) is 71.2 Å². The third-order valence-corrected chi connectivity index (χ3v) is 8.45. The number of sulfonamides is 1.